The van der Waals surface area contributed by atoms with Crippen molar-refractivity contribution in [2.75, 3.05) is 23.7 Å². The first-order chi connectivity index (χ1) is 17.1. The van der Waals surface area contributed by atoms with Crippen LogP contribution >= 0.6 is 23.2 Å². The maximum atomic E-state index is 12.3. The molecule has 194 valence electrons. The number of benzene rings is 2. The zero-order valence-corrected chi connectivity index (χ0v) is 22.1. The van der Waals surface area contributed by atoms with Gasteiger partial charge in [-0.05, 0) is 60.9 Å². The number of carbonyl (C=O) groups is 2. The van der Waals surface area contributed by atoms with E-state index in [1.165, 1.54) is 30.8 Å². The molecule has 2 amide bonds. The van der Waals surface area contributed by atoms with Crippen LogP contribution in [0.4, 0.5) is 5.69 Å². The van der Waals surface area contributed by atoms with E-state index in [1.54, 1.807) is 24.3 Å². The molecule has 3 rings (SSSR count). The average molecular weight is 555 g/mol. The Hall–Kier alpha value is -2.82. The minimum atomic E-state index is -3.77. The quantitative estimate of drug-likeness (QED) is 0.342. The van der Waals surface area contributed by atoms with E-state index in [4.69, 9.17) is 27.9 Å². The van der Waals surface area contributed by atoms with Crippen LogP contribution in [0.2, 0.25) is 10.0 Å². The summed E-state index contributed by atoms with van der Waals surface area (Å²) in [7, 11) is -3.77. The van der Waals surface area contributed by atoms with Crippen molar-refractivity contribution in [3.8, 4) is 5.75 Å². The van der Waals surface area contributed by atoms with Gasteiger partial charge in [0.15, 0.2) is 6.61 Å². The fourth-order valence-corrected chi connectivity index (χ4v) is 4.84. The predicted octanol–water partition coefficient (Wildman–Crippen LogP) is 3.74. The second kappa shape index (κ2) is 12.9. The van der Waals surface area contributed by atoms with Crippen LogP contribution in [0, 0.1) is 0 Å². The number of hydrogen-bond acceptors (Lipinski definition) is 6. The number of nitrogens with zero attached hydrogens (tertiary/aromatic N) is 2. The maximum absolute atomic E-state index is 12.3. The normalized spacial score (nSPS) is 14.4. The fraction of sp³-hybridized carbons (Fsp3) is 0.375. The Morgan fingerprint density at radius 3 is 2.39 bits per heavy atom. The number of amides is 2. The van der Waals surface area contributed by atoms with Gasteiger partial charge < -0.3 is 10.1 Å². The lowest BCUT2D eigenvalue weighted by Crippen LogP contribution is -2.39. The van der Waals surface area contributed by atoms with Crippen LogP contribution in [0.5, 0.6) is 5.75 Å². The molecule has 0 radical (unpaired) electrons. The molecule has 1 saturated carbocycles. The highest BCUT2D eigenvalue weighted by atomic mass is 35.5. The second-order valence-corrected chi connectivity index (χ2v) is 11.1. The summed E-state index contributed by atoms with van der Waals surface area (Å²) in [6.45, 7) is -0.556. The maximum Gasteiger partial charge on any atom is 0.260 e. The molecular weight excluding hydrogens is 527 g/mol. The molecule has 0 saturated heterocycles. The van der Waals surface area contributed by atoms with Gasteiger partial charge in [0.1, 0.15) is 12.3 Å². The molecule has 1 aliphatic rings. The number of anilines is 1. The summed E-state index contributed by atoms with van der Waals surface area (Å²) in [6.07, 6.45) is 7.91. The van der Waals surface area contributed by atoms with Crippen LogP contribution < -0.4 is 19.8 Å². The van der Waals surface area contributed by atoms with Gasteiger partial charge in [-0.15, -0.1) is 0 Å². The first-order valence-corrected chi connectivity index (χ1v) is 14.0. The molecule has 1 aliphatic carbocycles. The fourth-order valence-electron chi connectivity index (χ4n) is 3.70. The van der Waals surface area contributed by atoms with Gasteiger partial charge in [-0.3, -0.25) is 13.9 Å². The summed E-state index contributed by atoms with van der Waals surface area (Å²) in [5.74, 6) is -0.258. The molecule has 2 N–H and O–H groups in total. The summed E-state index contributed by atoms with van der Waals surface area (Å²) in [6, 6.07) is 11.3. The molecule has 0 atom stereocenters. The smallest absolute Gasteiger partial charge is 0.260 e. The van der Waals surface area contributed by atoms with Crippen LogP contribution in [0.1, 0.15) is 37.7 Å². The molecule has 0 aromatic heterocycles. The number of sulfonamides is 1. The number of ether oxygens (including phenoxy) is 1. The highest BCUT2D eigenvalue weighted by Crippen LogP contribution is 2.28. The third kappa shape index (κ3) is 8.69. The van der Waals surface area contributed by atoms with Crippen LogP contribution in [-0.4, -0.2) is 51.9 Å². The lowest BCUT2D eigenvalue weighted by atomic mass is 9.95. The first-order valence-electron chi connectivity index (χ1n) is 11.4. The van der Waals surface area contributed by atoms with Crippen molar-refractivity contribution in [2.45, 2.75) is 38.1 Å². The molecule has 1 fully saturated rings. The van der Waals surface area contributed by atoms with Gasteiger partial charge in [-0.2, -0.15) is 5.10 Å². The Kier molecular flexibility index (Phi) is 9.98. The SMILES string of the molecule is CS(=O)(=O)N(CC(=O)N/N=C/c1ccc(OCC(=O)NC2CCCCC2)cc1)c1ccc(Cl)c(Cl)c1. The molecule has 0 aliphatic heterocycles. The number of nitrogens with one attached hydrogen (secondary N) is 2. The minimum Gasteiger partial charge on any atom is -0.484 e. The Bertz CT molecular complexity index is 1200. The molecule has 12 heteroatoms. The zero-order valence-electron chi connectivity index (χ0n) is 19.7. The zero-order chi connectivity index (χ0) is 26.1. The molecule has 0 bridgehead atoms. The van der Waals surface area contributed by atoms with Crippen molar-refractivity contribution < 1.29 is 22.7 Å². The van der Waals surface area contributed by atoms with Crippen molar-refractivity contribution in [1.82, 2.24) is 10.7 Å². The second-order valence-electron chi connectivity index (χ2n) is 8.42. The Labute approximate surface area is 220 Å². The number of hydrogen-bond donors (Lipinski definition) is 2. The van der Waals surface area contributed by atoms with Crippen molar-refractivity contribution >= 4 is 56.9 Å². The molecule has 0 heterocycles. The monoisotopic (exact) mass is 554 g/mol. The first kappa shape index (κ1) is 27.8. The van der Waals surface area contributed by atoms with E-state index in [1.807, 2.05) is 0 Å². The Balaban J connectivity index is 1.48. The summed E-state index contributed by atoms with van der Waals surface area (Å²) in [4.78, 5) is 24.4. The van der Waals surface area contributed by atoms with E-state index in [0.717, 1.165) is 36.2 Å². The summed E-state index contributed by atoms with van der Waals surface area (Å²) in [5.41, 5.74) is 3.17. The third-order valence-corrected chi connectivity index (χ3v) is 7.38. The molecule has 2 aromatic rings. The highest BCUT2D eigenvalue weighted by molar-refractivity contribution is 7.92. The lowest BCUT2D eigenvalue weighted by Gasteiger charge is -2.22. The largest absolute Gasteiger partial charge is 0.484 e. The van der Waals surface area contributed by atoms with E-state index < -0.39 is 22.5 Å². The number of halogens is 2. The van der Waals surface area contributed by atoms with Crippen molar-refractivity contribution in [3.05, 3.63) is 58.1 Å². The highest BCUT2D eigenvalue weighted by Gasteiger charge is 2.21. The van der Waals surface area contributed by atoms with E-state index >= 15 is 0 Å². The topological polar surface area (TPSA) is 117 Å². The molecule has 9 nitrogen and oxygen atoms in total. The van der Waals surface area contributed by atoms with Crippen molar-refractivity contribution in [2.24, 2.45) is 5.10 Å². The van der Waals surface area contributed by atoms with E-state index in [9.17, 15) is 18.0 Å². The van der Waals surface area contributed by atoms with Gasteiger partial charge in [-0.1, -0.05) is 42.5 Å². The molecule has 36 heavy (non-hydrogen) atoms. The molecular formula is C24H28Cl2N4O5S. The number of carbonyl (C=O) groups excluding carboxylic acids is 2. The van der Waals surface area contributed by atoms with Crippen LogP contribution in [0.15, 0.2) is 47.6 Å². The van der Waals surface area contributed by atoms with Gasteiger partial charge in [-0.25, -0.2) is 13.8 Å². The summed E-state index contributed by atoms with van der Waals surface area (Å²) >= 11 is 11.9. The third-order valence-electron chi connectivity index (χ3n) is 5.50. The van der Waals surface area contributed by atoms with Gasteiger partial charge >= 0.3 is 0 Å². The van der Waals surface area contributed by atoms with E-state index in [0.29, 0.717) is 11.3 Å². The predicted molar refractivity (Wildman–Crippen MR) is 141 cm³/mol. The average Bonchev–Trinajstić information content (AvgIpc) is 2.84. The van der Waals surface area contributed by atoms with Gasteiger partial charge in [0, 0.05) is 6.04 Å². The van der Waals surface area contributed by atoms with Crippen LogP contribution in [-0.2, 0) is 19.6 Å². The molecule has 0 spiro atoms. The van der Waals surface area contributed by atoms with Gasteiger partial charge in [0.25, 0.3) is 11.8 Å². The van der Waals surface area contributed by atoms with Gasteiger partial charge in [0.2, 0.25) is 10.0 Å². The summed E-state index contributed by atoms with van der Waals surface area (Å²) in [5, 5.41) is 7.30. The summed E-state index contributed by atoms with van der Waals surface area (Å²) < 4.78 is 30.8. The Morgan fingerprint density at radius 2 is 1.75 bits per heavy atom. The van der Waals surface area contributed by atoms with E-state index in [2.05, 4.69) is 15.8 Å². The molecule has 0 unspecified atom stereocenters. The van der Waals surface area contributed by atoms with Crippen LogP contribution in [0.25, 0.3) is 0 Å². The van der Waals surface area contributed by atoms with Crippen molar-refractivity contribution in [3.63, 3.8) is 0 Å². The van der Waals surface area contributed by atoms with E-state index in [-0.39, 0.29) is 34.3 Å². The van der Waals surface area contributed by atoms with Crippen molar-refractivity contribution in [1.29, 1.82) is 0 Å². The Morgan fingerprint density at radius 1 is 1.06 bits per heavy atom. The molecule has 2 aromatic carbocycles. The standard InChI is InChI=1S/C24H28Cl2N4O5S/c1-36(33,34)30(19-9-12-21(25)22(26)13-19)15-23(31)29-27-14-17-7-10-20(11-8-17)35-16-24(32)28-18-5-3-2-4-6-18/h7-14,18H,2-6,15-16H2,1H3,(H,28,32)(H,29,31)/b27-14+. The number of hydrazone groups is 1. The lowest BCUT2D eigenvalue weighted by molar-refractivity contribution is -0.124. The number of rotatable bonds is 10. The van der Waals surface area contributed by atoms with Crippen LogP contribution in [0.3, 0.4) is 0 Å². The minimum absolute atomic E-state index is 0.0599. The van der Waals surface area contributed by atoms with Gasteiger partial charge in [0.05, 0.1) is 28.2 Å².